The van der Waals surface area contributed by atoms with Gasteiger partial charge in [0.25, 0.3) is 5.96 Å². The number of guanidine groups is 1. The van der Waals surface area contributed by atoms with Crippen LogP contribution < -0.4 is 5.32 Å². The van der Waals surface area contributed by atoms with Crippen molar-refractivity contribution in [1.82, 2.24) is 20.1 Å². The number of aromatic nitrogens is 1. The molecule has 1 N–H and O–H groups in total. The lowest BCUT2D eigenvalue weighted by atomic mass is 10.3. The smallest absolute Gasteiger partial charge is 0.307 e. The van der Waals surface area contributed by atoms with Crippen LogP contribution in [-0.2, 0) is 16.1 Å². The summed E-state index contributed by atoms with van der Waals surface area (Å²) in [5.74, 6) is -0.111. The molecular weight excluding hydrogens is 360 g/mol. The van der Waals surface area contributed by atoms with Gasteiger partial charge < -0.3 is 15.0 Å². The number of nitrogens with zero attached hydrogens (tertiary/aromatic N) is 5. The van der Waals surface area contributed by atoms with Gasteiger partial charge in [-0.25, -0.2) is 15.1 Å². The Labute approximate surface area is 147 Å². The summed E-state index contributed by atoms with van der Waals surface area (Å²) in [5.41, 5.74) is 0. The average molecular weight is 377 g/mol. The van der Waals surface area contributed by atoms with Crippen molar-refractivity contribution in [3.63, 3.8) is 0 Å². The maximum atomic E-state index is 11.5. The third kappa shape index (κ3) is 5.58. The van der Waals surface area contributed by atoms with Crippen molar-refractivity contribution in [2.24, 2.45) is 5.10 Å². The van der Waals surface area contributed by atoms with E-state index in [1.807, 2.05) is 4.90 Å². The first-order chi connectivity index (χ1) is 11.5. The predicted molar refractivity (Wildman–Crippen MR) is 87.9 cm³/mol. The van der Waals surface area contributed by atoms with E-state index in [0.717, 1.165) is 4.88 Å². The molecular formula is C12H17ClN6O4S. The second-order valence-electron chi connectivity index (χ2n) is 4.86. The lowest BCUT2D eigenvalue weighted by molar-refractivity contribution is -0.486. The minimum Gasteiger partial charge on any atom is -0.466 e. The monoisotopic (exact) mass is 376 g/mol. The molecule has 0 radical (unpaired) electrons. The Kier molecular flexibility index (Phi) is 6.70. The third-order valence-electron chi connectivity index (χ3n) is 3.12. The zero-order chi connectivity index (χ0) is 17.5. The Morgan fingerprint density at radius 3 is 3.08 bits per heavy atom. The first-order valence-electron chi connectivity index (χ1n) is 7.18. The first kappa shape index (κ1) is 18.4. The Morgan fingerprint density at radius 1 is 1.67 bits per heavy atom. The van der Waals surface area contributed by atoms with E-state index in [1.54, 1.807) is 18.0 Å². The van der Waals surface area contributed by atoms with Gasteiger partial charge in [0, 0.05) is 17.6 Å². The molecule has 1 aromatic rings. The molecule has 10 nitrogen and oxygen atoms in total. The van der Waals surface area contributed by atoms with Gasteiger partial charge in [-0.1, -0.05) is 11.6 Å². The summed E-state index contributed by atoms with van der Waals surface area (Å²) in [4.78, 5) is 30.6. The quantitative estimate of drug-likeness (QED) is 0.424. The normalized spacial score (nSPS) is 16.9. The molecule has 1 saturated heterocycles. The summed E-state index contributed by atoms with van der Waals surface area (Å²) in [6.45, 7) is 3.68. The van der Waals surface area contributed by atoms with E-state index in [9.17, 15) is 14.9 Å². The molecule has 2 rings (SSSR count). The number of rotatable bonds is 7. The third-order valence-corrected chi connectivity index (χ3v) is 4.22. The molecule has 0 spiro atoms. The Bertz CT molecular complexity index is 624. The number of thiazole rings is 1. The molecule has 1 aliphatic heterocycles. The highest BCUT2D eigenvalue weighted by molar-refractivity contribution is 7.15. The number of hydrogen-bond acceptors (Lipinski definition) is 7. The van der Waals surface area contributed by atoms with Crippen LogP contribution in [0, 0.1) is 10.1 Å². The minimum absolute atomic E-state index is 0.164. The molecule has 1 aliphatic rings. The number of carbonyl (C=O) groups is 1. The summed E-state index contributed by atoms with van der Waals surface area (Å²) in [7, 11) is 0. The molecule has 0 bridgehead atoms. The summed E-state index contributed by atoms with van der Waals surface area (Å²) >= 11 is 7.11. The maximum Gasteiger partial charge on any atom is 0.307 e. The number of carbonyl (C=O) groups excluding carboxylic acids is 1. The lowest BCUT2D eigenvalue weighted by Gasteiger charge is -2.36. The fourth-order valence-corrected chi connectivity index (χ4v) is 3.12. The number of halogens is 1. The van der Waals surface area contributed by atoms with Crippen molar-refractivity contribution in [2.75, 3.05) is 26.5 Å². The van der Waals surface area contributed by atoms with Gasteiger partial charge in [0.05, 0.1) is 32.9 Å². The van der Waals surface area contributed by atoms with Crippen molar-refractivity contribution >= 4 is 34.9 Å². The molecule has 1 aromatic heterocycles. The topological polar surface area (TPSA) is 113 Å². The Balaban J connectivity index is 2.00. The van der Waals surface area contributed by atoms with Crippen LogP contribution in [0.15, 0.2) is 11.3 Å². The van der Waals surface area contributed by atoms with E-state index in [-0.39, 0.29) is 18.3 Å². The van der Waals surface area contributed by atoms with Gasteiger partial charge in [-0.3, -0.25) is 9.69 Å². The standard InChI is InChI=1S/C12H17ClN6O4S/c1-2-23-10(20)3-4-17-7-15-12(16-19(21)22)18(8-17)6-9-5-14-11(13)24-9/h5H,2-4,6-8H2,1H3,(H,15,16). The Hall–Kier alpha value is -1.98. The van der Waals surface area contributed by atoms with Gasteiger partial charge in [-0.2, -0.15) is 0 Å². The highest BCUT2D eigenvalue weighted by atomic mass is 35.5. The van der Waals surface area contributed by atoms with Crippen molar-refractivity contribution in [3.05, 3.63) is 25.7 Å². The number of ether oxygens (including phenoxy) is 1. The summed E-state index contributed by atoms with van der Waals surface area (Å²) in [6, 6.07) is 0. The maximum absolute atomic E-state index is 11.5. The molecule has 24 heavy (non-hydrogen) atoms. The van der Waals surface area contributed by atoms with E-state index < -0.39 is 5.03 Å². The highest BCUT2D eigenvalue weighted by Crippen LogP contribution is 2.20. The molecule has 0 aliphatic carbocycles. The van der Waals surface area contributed by atoms with Crippen molar-refractivity contribution in [2.45, 2.75) is 19.9 Å². The van der Waals surface area contributed by atoms with E-state index in [0.29, 0.717) is 37.5 Å². The van der Waals surface area contributed by atoms with Crippen molar-refractivity contribution in [1.29, 1.82) is 0 Å². The van der Waals surface area contributed by atoms with E-state index in [4.69, 9.17) is 16.3 Å². The molecule has 0 aromatic carbocycles. The molecule has 12 heteroatoms. The predicted octanol–water partition coefficient (Wildman–Crippen LogP) is 0.920. The van der Waals surface area contributed by atoms with Crippen LogP contribution in [0.4, 0.5) is 0 Å². The highest BCUT2D eigenvalue weighted by Gasteiger charge is 2.25. The average Bonchev–Trinajstić information content (AvgIpc) is 2.92. The SMILES string of the molecule is CCOC(=O)CCN1CN/C(=N\[N+](=O)[O-])N(Cc2cnc(Cl)s2)C1. The summed E-state index contributed by atoms with van der Waals surface area (Å²) in [6.07, 6.45) is 1.87. The molecule has 0 saturated carbocycles. The molecule has 0 atom stereocenters. The number of hydrazone groups is 1. The molecule has 1 fully saturated rings. The molecule has 0 amide bonds. The van der Waals surface area contributed by atoms with Gasteiger partial charge in [-0.15, -0.1) is 11.3 Å². The van der Waals surface area contributed by atoms with Crippen molar-refractivity contribution in [3.8, 4) is 0 Å². The number of nitro groups is 1. The summed E-state index contributed by atoms with van der Waals surface area (Å²) in [5, 5.41) is 16.2. The zero-order valence-electron chi connectivity index (χ0n) is 13.0. The van der Waals surface area contributed by atoms with Crippen LogP contribution in [-0.4, -0.2) is 58.2 Å². The molecule has 132 valence electrons. The van der Waals surface area contributed by atoms with Gasteiger partial charge in [0.15, 0.2) is 9.50 Å². The minimum atomic E-state index is -0.747. The van der Waals surface area contributed by atoms with Crippen LogP contribution in [0.25, 0.3) is 0 Å². The van der Waals surface area contributed by atoms with Gasteiger partial charge in [-0.05, 0) is 6.92 Å². The first-order valence-corrected chi connectivity index (χ1v) is 8.37. The van der Waals surface area contributed by atoms with Crippen LogP contribution in [0.5, 0.6) is 0 Å². The van der Waals surface area contributed by atoms with Crippen molar-refractivity contribution < 1.29 is 14.6 Å². The van der Waals surface area contributed by atoms with E-state index in [2.05, 4.69) is 15.4 Å². The van der Waals surface area contributed by atoms with Gasteiger partial charge >= 0.3 is 5.97 Å². The number of hydrogen-bond donors (Lipinski definition) is 1. The van der Waals surface area contributed by atoms with Gasteiger partial charge in [0.1, 0.15) is 5.10 Å². The van der Waals surface area contributed by atoms with Crippen LogP contribution in [0.2, 0.25) is 4.47 Å². The summed E-state index contributed by atoms with van der Waals surface area (Å²) < 4.78 is 5.30. The number of nitrogens with one attached hydrogen (secondary N) is 1. The second-order valence-corrected chi connectivity index (χ2v) is 6.56. The van der Waals surface area contributed by atoms with Crippen LogP contribution in [0.3, 0.4) is 0 Å². The molecule has 2 heterocycles. The van der Waals surface area contributed by atoms with Gasteiger partial charge in [0.2, 0.25) is 0 Å². The van der Waals surface area contributed by atoms with E-state index >= 15 is 0 Å². The molecule has 0 unspecified atom stereocenters. The fraction of sp³-hybridized carbons (Fsp3) is 0.583. The largest absolute Gasteiger partial charge is 0.466 e. The van der Waals surface area contributed by atoms with E-state index in [1.165, 1.54) is 11.3 Å². The zero-order valence-corrected chi connectivity index (χ0v) is 14.5. The lowest BCUT2D eigenvalue weighted by Crippen LogP contribution is -2.57. The Morgan fingerprint density at radius 2 is 2.46 bits per heavy atom. The van der Waals surface area contributed by atoms with Crippen LogP contribution in [0.1, 0.15) is 18.2 Å². The fourth-order valence-electron chi connectivity index (χ4n) is 2.13. The van der Waals surface area contributed by atoms with Crippen LogP contribution >= 0.6 is 22.9 Å². The number of esters is 1. The second kappa shape index (κ2) is 8.76.